The van der Waals surface area contributed by atoms with Crippen LogP contribution in [0.5, 0.6) is 0 Å². The largest absolute Gasteiger partial charge is 0.423 e. The normalized spacial score (nSPS) is 11.9. The van der Waals surface area contributed by atoms with Gasteiger partial charge in [0.05, 0.1) is 22.2 Å². The molecule has 146 valence electrons. The number of benzene rings is 4. The minimum absolute atomic E-state index is 0.605. The highest BCUT2D eigenvalue weighted by Gasteiger charge is 2.15. The maximum absolute atomic E-state index is 6.04. The van der Waals surface area contributed by atoms with Crippen LogP contribution >= 0.6 is 0 Å². The number of nitrogens with zero attached hydrogens (tertiary/aromatic N) is 3. The Hall–Kier alpha value is -4.31. The highest BCUT2D eigenvalue weighted by molar-refractivity contribution is 6.09. The number of hydrogen-bond acceptors (Lipinski definition) is 2. The summed E-state index contributed by atoms with van der Waals surface area (Å²) in [6.07, 6.45) is 2.05. The molecule has 3 aromatic heterocycles. The Morgan fingerprint density at radius 3 is 2.06 bits per heavy atom. The van der Waals surface area contributed by atoms with E-state index in [0.717, 1.165) is 28.0 Å². The monoisotopic (exact) mass is 399 g/mol. The first kappa shape index (κ1) is 16.5. The molecule has 0 N–H and O–H groups in total. The molecular formula is C27H17N3O. The maximum Gasteiger partial charge on any atom is 0.307 e. The van der Waals surface area contributed by atoms with Gasteiger partial charge in [-0.1, -0.05) is 66.7 Å². The summed E-state index contributed by atoms with van der Waals surface area (Å²) in [5.74, 6) is 0.605. The van der Waals surface area contributed by atoms with Crippen LogP contribution in [0.25, 0.3) is 55.7 Å². The maximum atomic E-state index is 6.04. The van der Waals surface area contributed by atoms with E-state index in [9.17, 15) is 0 Å². The number of hydrogen-bond donors (Lipinski definition) is 0. The zero-order chi connectivity index (χ0) is 20.4. The molecule has 7 rings (SSSR count). The van der Waals surface area contributed by atoms with E-state index in [2.05, 4.69) is 77.4 Å². The molecule has 0 bridgehead atoms. The van der Waals surface area contributed by atoms with E-state index < -0.39 is 0 Å². The van der Waals surface area contributed by atoms with Crippen molar-refractivity contribution in [2.45, 2.75) is 0 Å². The topological polar surface area (TPSA) is 35.4 Å². The van der Waals surface area contributed by atoms with Crippen molar-refractivity contribution in [1.82, 2.24) is 14.0 Å². The molecule has 0 aliphatic carbocycles. The van der Waals surface area contributed by atoms with Crippen LogP contribution in [0.1, 0.15) is 0 Å². The van der Waals surface area contributed by atoms with E-state index in [1.54, 1.807) is 0 Å². The SMILES string of the molecule is c1ccc(-c2cn3c(n2)oc2ccc(-n4c5ccccc5c5ccccc54)cc23)cc1. The zero-order valence-electron chi connectivity index (χ0n) is 16.6. The van der Waals surface area contributed by atoms with Crippen LogP contribution < -0.4 is 0 Å². The van der Waals surface area contributed by atoms with Gasteiger partial charge in [-0.05, 0) is 30.3 Å². The molecule has 4 heteroatoms. The third-order valence-electron chi connectivity index (χ3n) is 5.98. The molecule has 3 heterocycles. The number of oxazole rings is 1. The van der Waals surface area contributed by atoms with E-state index >= 15 is 0 Å². The van der Waals surface area contributed by atoms with E-state index in [1.165, 1.54) is 21.8 Å². The second-order valence-corrected chi connectivity index (χ2v) is 7.77. The summed E-state index contributed by atoms with van der Waals surface area (Å²) in [7, 11) is 0. The molecule has 7 aromatic rings. The quantitative estimate of drug-likeness (QED) is 0.319. The van der Waals surface area contributed by atoms with Crippen LogP contribution in [0.4, 0.5) is 0 Å². The van der Waals surface area contributed by atoms with Gasteiger partial charge in [-0.3, -0.25) is 4.40 Å². The number of para-hydroxylation sites is 2. The average molecular weight is 399 g/mol. The van der Waals surface area contributed by atoms with Gasteiger partial charge >= 0.3 is 5.84 Å². The van der Waals surface area contributed by atoms with E-state index in [-0.39, 0.29) is 0 Å². The van der Waals surface area contributed by atoms with Crippen molar-refractivity contribution in [3.05, 3.63) is 103 Å². The van der Waals surface area contributed by atoms with Gasteiger partial charge in [0.1, 0.15) is 0 Å². The molecule has 4 aromatic carbocycles. The van der Waals surface area contributed by atoms with Crippen LogP contribution in [0, 0.1) is 0 Å². The van der Waals surface area contributed by atoms with Gasteiger partial charge in [0.15, 0.2) is 5.58 Å². The molecule has 0 fully saturated rings. The lowest BCUT2D eigenvalue weighted by atomic mass is 10.2. The molecule has 0 saturated heterocycles. The predicted octanol–water partition coefficient (Wildman–Crippen LogP) is 6.84. The molecule has 0 saturated carbocycles. The Balaban J connectivity index is 1.50. The van der Waals surface area contributed by atoms with Crippen molar-refractivity contribution in [3.63, 3.8) is 0 Å². The van der Waals surface area contributed by atoms with Crippen molar-refractivity contribution in [2.24, 2.45) is 0 Å². The molecule has 31 heavy (non-hydrogen) atoms. The summed E-state index contributed by atoms with van der Waals surface area (Å²) < 4.78 is 10.4. The van der Waals surface area contributed by atoms with Crippen LogP contribution in [-0.4, -0.2) is 14.0 Å². The predicted molar refractivity (Wildman–Crippen MR) is 125 cm³/mol. The smallest absolute Gasteiger partial charge is 0.307 e. The van der Waals surface area contributed by atoms with Gasteiger partial charge in [-0.25, -0.2) is 0 Å². The standard InChI is InChI=1S/C27H17N3O/c1-2-8-18(9-3-1)22-17-29-25-16-19(14-15-26(25)31-27(29)28-22)30-23-12-6-4-10-20(23)21-11-5-7-13-24(21)30/h1-17H. The second kappa shape index (κ2) is 6.09. The minimum Gasteiger partial charge on any atom is -0.423 e. The Bertz CT molecular complexity index is 1680. The van der Waals surface area contributed by atoms with Crippen molar-refractivity contribution in [3.8, 4) is 16.9 Å². The first-order chi connectivity index (χ1) is 15.4. The Labute approximate surface area is 177 Å². The average Bonchev–Trinajstić information content (AvgIpc) is 3.49. The van der Waals surface area contributed by atoms with E-state index in [0.29, 0.717) is 5.84 Å². The Kier molecular flexibility index (Phi) is 3.24. The Morgan fingerprint density at radius 1 is 0.645 bits per heavy atom. The molecule has 0 amide bonds. The second-order valence-electron chi connectivity index (χ2n) is 7.77. The van der Waals surface area contributed by atoms with Gasteiger partial charge in [-0.15, -0.1) is 0 Å². The third kappa shape index (κ3) is 2.33. The summed E-state index contributed by atoms with van der Waals surface area (Å²) in [5.41, 5.74) is 7.30. The number of rotatable bonds is 2. The van der Waals surface area contributed by atoms with Gasteiger partial charge in [0.25, 0.3) is 0 Å². The molecule has 0 unspecified atom stereocenters. The van der Waals surface area contributed by atoms with Gasteiger partial charge in [0.2, 0.25) is 0 Å². The fourth-order valence-corrected chi connectivity index (χ4v) is 4.57. The number of fused-ring (bicyclic) bond motifs is 6. The lowest BCUT2D eigenvalue weighted by Gasteiger charge is -2.07. The molecule has 0 atom stereocenters. The fraction of sp³-hybridized carbons (Fsp3) is 0. The molecular weight excluding hydrogens is 382 g/mol. The number of imidazole rings is 1. The van der Waals surface area contributed by atoms with Gasteiger partial charge < -0.3 is 8.98 Å². The van der Waals surface area contributed by atoms with Crippen LogP contribution in [0.15, 0.2) is 108 Å². The summed E-state index contributed by atoms with van der Waals surface area (Å²) in [6.45, 7) is 0. The Morgan fingerprint density at radius 2 is 1.32 bits per heavy atom. The fourth-order valence-electron chi connectivity index (χ4n) is 4.57. The highest BCUT2D eigenvalue weighted by Crippen LogP contribution is 2.33. The zero-order valence-corrected chi connectivity index (χ0v) is 16.6. The van der Waals surface area contributed by atoms with Crippen molar-refractivity contribution >= 4 is 38.7 Å². The summed E-state index contributed by atoms with van der Waals surface area (Å²) in [4.78, 5) is 4.70. The van der Waals surface area contributed by atoms with Crippen LogP contribution in [0.2, 0.25) is 0 Å². The molecule has 0 radical (unpaired) electrons. The van der Waals surface area contributed by atoms with Gasteiger partial charge in [-0.2, -0.15) is 4.98 Å². The van der Waals surface area contributed by atoms with Crippen molar-refractivity contribution in [1.29, 1.82) is 0 Å². The van der Waals surface area contributed by atoms with Gasteiger partial charge in [0, 0.05) is 28.2 Å². The summed E-state index contributed by atoms with van der Waals surface area (Å²) in [5, 5.41) is 2.51. The van der Waals surface area contributed by atoms with Crippen LogP contribution in [-0.2, 0) is 0 Å². The molecule has 0 aliphatic rings. The number of aromatic nitrogens is 3. The summed E-state index contributed by atoms with van der Waals surface area (Å²) in [6, 6.07) is 33.6. The molecule has 4 nitrogen and oxygen atoms in total. The van der Waals surface area contributed by atoms with Crippen molar-refractivity contribution in [2.75, 3.05) is 0 Å². The van der Waals surface area contributed by atoms with E-state index in [4.69, 9.17) is 9.40 Å². The lowest BCUT2D eigenvalue weighted by molar-refractivity contribution is 0.642. The first-order valence-corrected chi connectivity index (χ1v) is 10.3. The molecule has 0 spiro atoms. The van der Waals surface area contributed by atoms with E-state index in [1.807, 2.05) is 34.9 Å². The lowest BCUT2D eigenvalue weighted by Crippen LogP contribution is -1.93. The van der Waals surface area contributed by atoms with Crippen molar-refractivity contribution < 1.29 is 4.42 Å². The third-order valence-corrected chi connectivity index (χ3v) is 5.98. The van der Waals surface area contributed by atoms with Crippen LogP contribution in [0.3, 0.4) is 0 Å². The minimum atomic E-state index is 0.605. The highest BCUT2D eigenvalue weighted by atomic mass is 16.4. The summed E-state index contributed by atoms with van der Waals surface area (Å²) >= 11 is 0. The first-order valence-electron chi connectivity index (χ1n) is 10.3. The molecule has 0 aliphatic heterocycles.